The van der Waals surface area contributed by atoms with Gasteiger partial charge >= 0.3 is 7.12 Å². The van der Waals surface area contributed by atoms with E-state index in [4.69, 9.17) is 25.7 Å². The van der Waals surface area contributed by atoms with E-state index in [0.717, 1.165) is 41.1 Å². The lowest BCUT2D eigenvalue weighted by Gasteiger charge is -2.28. The van der Waals surface area contributed by atoms with Gasteiger partial charge < -0.3 is 24.1 Å². The molecule has 7 nitrogen and oxygen atoms in total. The number of hydrogen-bond donors (Lipinski definition) is 3. The number of hydrogen-bond acceptors (Lipinski definition) is 8. The minimum Gasteiger partial charge on any atom is -0.464 e. The molecule has 1 saturated heterocycles. The number of para-hydroxylation sites is 1. The minimum absolute atomic E-state index is 0.425. The van der Waals surface area contributed by atoms with E-state index < -0.39 is 13.1 Å². The maximum Gasteiger partial charge on any atom is 0.470 e. The number of halogens is 1. The highest BCUT2D eigenvalue weighted by Gasteiger charge is 2.25. The van der Waals surface area contributed by atoms with Crippen molar-refractivity contribution in [3.8, 4) is 0 Å². The normalized spacial score (nSPS) is 15.5. The molecule has 158 valence electrons. The van der Waals surface area contributed by atoms with Gasteiger partial charge in [0.15, 0.2) is 0 Å². The minimum atomic E-state index is -1.51. The van der Waals surface area contributed by atoms with Crippen LogP contribution in [0.1, 0.15) is 11.3 Å². The van der Waals surface area contributed by atoms with E-state index >= 15 is 0 Å². The van der Waals surface area contributed by atoms with Crippen LogP contribution in [0.2, 0.25) is 5.02 Å². The summed E-state index contributed by atoms with van der Waals surface area (Å²) in [6.07, 6.45) is 2.09. The van der Waals surface area contributed by atoms with Gasteiger partial charge in [-0.15, -0.1) is 0 Å². The molecular weight excluding hydrogens is 425 g/mol. The number of ether oxygens (including phenoxy) is 1. The highest BCUT2D eigenvalue weighted by atomic mass is 35.5. The van der Waals surface area contributed by atoms with E-state index in [2.05, 4.69) is 9.62 Å². The summed E-state index contributed by atoms with van der Waals surface area (Å²) in [6, 6.07) is 11.4. The Bertz CT molecular complexity index is 984. The molecule has 0 radical (unpaired) electrons. The maximum absolute atomic E-state index is 9.83. The van der Waals surface area contributed by atoms with Crippen molar-refractivity contribution in [3.63, 3.8) is 0 Å². The van der Waals surface area contributed by atoms with Gasteiger partial charge in [-0.3, -0.25) is 4.72 Å². The molecule has 0 saturated carbocycles. The lowest BCUT2D eigenvalue weighted by molar-refractivity contribution is 0.122. The lowest BCUT2D eigenvalue weighted by atomic mass is 9.77. The van der Waals surface area contributed by atoms with Crippen molar-refractivity contribution < 1.29 is 19.2 Å². The summed E-state index contributed by atoms with van der Waals surface area (Å²) < 4.78 is 14.1. The monoisotopic (exact) mass is 447 g/mol. The van der Waals surface area contributed by atoms with Crippen molar-refractivity contribution in [2.24, 2.45) is 0 Å². The second-order valence-corrected chi connectivity index (χ2v) is 8.32. The molecule has 1 aliphatic heterocycles. The molecule has 2 aromatic heterocycles. The standard InChI is InChI=1S/C20H23BClN3O4S/c22-17-6-5-15(23-20(17)25-7-9-28-10-8-25)13-30-24-19(21(26)27)11-14-12-29-18-4-2-1-3-16(14)18/h1-6,12,19,24,26-27H,7-11,13H2. The molecule has 1 unspecified atom stereocenters. The van der Waals surface area contributed by atoms with Crippen LogP contribution in [0.3, 0.4) is 0 Å². The van der Waals surface area contributed by atoms with Crippen LogP contribution in [0.15, 0.2) is 47.1 Å². The van der Waals surface area contributed by atoms with Gasteiger partial charge in [0, 0.05) is 18.5 Å². The molecule has 1 fully saturated rings. The molecule has 0 amide bonds. The molecule has 3 N–H and O–H groups in total. The number of aromatic nitrogens is 1. The van der Waals surface area contributed by atoms with Crippen LogP contribution in [0.5, 0.6) is 0 Å². The molecule has 1 atom stereocenters. The lowest BCUT2D eigenvalue weighted by Crippen LogP contribution is -2.42. The van der Waals surface area contributed by atoms with E-state index in [9.17, 15) is 10.0 Å². The summed E-state index contributed by atoms with van der Waals surface area (Å²) in [5.74, 6) is 0.771. The van der Waals surface area contributed by atoms with Gasteiger partial charge in [0.1, 0.15) is 11.4 Å². The van der Waals surface area contributed by atoms with Gasteiger partial charge in [-0.1, -0.05) is 41.7 Å². The second-order valence-electron chi connectivity index (χ2n) is 7.10. The topological polar surface area (TPSA) is 91.0 Å². The Kier molecular flexibility index (Phi) is 7.19. The first kappa shape index (κ1) is 21.5. The zero-order valence-electron chi connectivity index (χ0n) is 16.3. The summed E-state index contributed by atoms with van der Waals surface area (Å²) in [5.41, 5.74) is 2.57. The van der Waals surface area contributed by atoms with Crippen LogP contribution < -0.4 is 9.62 Å². The molecule has 0 aliphatic carbocycles. The zero-order chi connectivity index (χ0) is 20.9. The maximum atomic E-state index is 9.83. The summed E-state index contributed by atoms with van der Waals surface area (Å²) in [5, 5.41) is 21.3. The third kappa shape index (κ3) is 5.11. The molecule has 4 rings (SSSR count). The van der Waals surface area contributed by atoms with Crippen LogP contribution in [0.4, 0.5) is 5.82 Å². The van der Waals surface area contributed by atoms with E-state index in [1.807, 2.05) is 36.4 Å². The second kappa shape index (κ2) is 10.0. The molecular formula is C20H23BClN3O4S. The Morgan fingerprint density at radius 2 is 2.00 bits per heavy atom. The van der Waals surface area contributed by atoms with Crippen LogP contribution in [-0.4, -0.2) is 54.4 Å². The smallest absolute Gasteiger partial charge is 0.464 e. The zero-order valence-corrected chi connectivity index (χ0v) is 17.9. The Morgan fingerprint density at radius 1 is 1.20 bits per heavy atom. The number of rotatable bonds is 8. The number of morpholine rings is 1. The van der Waals surface area contributed by atoms with E-state index in [-0.39, 0.29) is 0 Å². The Hall–Kier alpha value is -1.75. The average Bonchev–Trinajstić information content (AvgIpc) is 3.17. The number of fused-ring (bicyclic) bond motifs is 1. The molecule has 0 spiro atoms. The number of furan rings is 1. The van der Waals surface area contributed by atoms with Gasteiger partial charge in [0.25, 0.3) is 0 Å². The van der Waals surface area contributed by atoms with Crippen molar-refractivity contribution in [2.45, 2.75) is 18.1 Å². The van der Waals surface area contributed by atoms with Crippen molar-refractivity contribution in [2.75, 3.05) is 31.2 Å². The fourth-order valence-corrected chi connectivity index (χ4v) is 4.44. The van der Waals surface area contributed by atoms with Crippen molar-refractivity contribution in [3.05, 3.63) is 58.9 Å². The van der Waals surface area contributed by atoms with Crippen molar-refractivity contribution in [1.82, 2.24) is 9.71 Å². The average molecular weight is 448 g/mol. The Morgan fingerprint density at radius 3 is 2.80 bits per heavy atom. The highest BCUT2D eigenvalue weighted by Crippen LogP contribution is 2.26. The predicted octanol–water partition coefficient (Wildman–Crippen LogP) is 2.68. The van der Waals surface area contributed by atoms with Crippen molar-refractivity contribution in [1.29, 1.82) is 0 Å². The summed E-state index contributed by atoms with van der Waals surface area (Å²) in [4.78, 5) is 6.81. The third-order valence-corrected chi connectivity index (χ3v) is 6.22. The van der Waals surface area contributed by atoms with Gasteiger partial charge in [-0.2, -0.15) is 0 Å². The van der Waals surface area contributed by atoms with E-state index in [1.165, 1.54) is 11.9 Å². The number of nitrogens with zero attached hydrogens (tertiary/aromatic N) is 2. The van der Waals surface area contributed by atoms with Gasteiger partial charge in [-0.25, -0.2) is 4.98 Å². The molecule has 30 heavy (non-hydrogen) atoms. The summed E-state index contributed by atoms with van der Waals surface area (Å²) in [7, 11) is -1.51. The molecule has 3 aromatic rings. The molecule has 10 heteroatoms. The predicted molar refractivity (Wildman–Crippen MR) is 121 cm³/mol. The largest absolute Gasteiger partial charge is 0.470 e. The van der Waals surface area contributed by atoms with Crippen LogP contribution in [0.25, 0.3) is 11.0 Å². The Labute approximate surface area is 184 Å². The Balaban J connectivity index is 1.38. The fourth-order valence-electron chi connectivity index (χ4n) is 3.41. The van der Waals surface area contributed by atoms with Crippen molar-refractivity contribution >= 4 is 47.5 Å². The van der Waals surface area contributed by atoms with Gasteiger partial charge in [-0.05, 0) is 30.2 Å². The highest BCUT2D eigenvalue weighted by molar-refractivity contribution is 7.96. The fraction of sp³-hybridized carbons (Fsp3) is 0.350. The third-order valence-electron chi connectivity index (χ3n) is 5.01. The first-order chi connectivity index (χ1) is 14.6. The first-order valence-electron chi connectivity index (χ1n) is 9.78. The molecule has 1 aromatic carbocycles. The van der Waals surface area contributed by atoms with E-state index in [0.29, 0.717) is 30.4 Å². The molecule has 0 bridgehead atoms. The summed E-state index contributed by atoms with van der Waals surface area (Å²) in [6.45, 7) is 2.85. The van der Waals surface area contributed by atoms with E-state index in [1.54, 1.807) is 6.26 Å². The number of nitrogens with one attached hydrogen (secondary N) is 1. The van der Waals surface area contributed by atoms with Crippen LogP contribution in [-0.2, 0) is 16.9 Å². The number of anilines is 1. The summed E-state index contributed by atoms with van der Waals surface area (Å²) >= 11 is 7.72. The van der Waals surface area contributed by atoms with Crippen LogP contribution >= 0.6 is 23.5 Å². The van der Waals surface area contributed by atoms with Gasteiger partial charge in [0.05, 0.1) is 41.9 Å². The number of benzene rings is 1. The first-order valence-corrected chi connectivity index (χ1v) is 11.1. The van der Waals surface area contributed by atoms with Gasteiger partial charge in [0.2, 0.25) is 0 Å². The van der Waals surface area contributed by atoms with Crippen LogP contribution in [0, 0.1) is 0 Å². The molecule has 1 aliphatic rings. The SMILES string of the molecule is OB(O)C(Cc1coc2ccccc12)NSCc1ccc(Cl)c(N2CCOCC2)n1. The quantitative estimate of drug-likeness (QED) is 0.359. The number of pyridine rings is 1. The molecule has 3 heterocycles.